The van der Waals surface area contributed by atoms with Crippen LogP contribution >= 0.6 is 15.9 Å². The summed E-state index contributed by atoms with van der Waals surface area (Å²) in [4.78, 5) is 11.1. The molecule has 0 radical (unpaired) electrons. The van der Waals surface area contributed by atoms with Crippen LogP contribution < -0.4 is 0 Å². The SMILES string of the molecule is COC(=O)Cc1c(C)cc(Br)cc1C. The second-order valence-corrected chi connectivity index (χ2v) is 4.19. The molecule has 0 heterocycles. The monoisotopic (exact) mass is 256 g/mol. The maximum Gasteiger partial charge on any atom is 0.309 e. The summed E-state index contributed by atoms with van der Waals surface area (Å²) >= 11 is 3.41. The van der Waals surface area contributed by atoms with Crippen molar-refractivity contribution in [3.8, 4) is 0 Å². The summed E-state index contributed by atoms with van der Waals surface area (Å²) in [6, 6.07) is 4.01. The molecule has 0 aromatic heterocycles. The van der Waals surface area contributed by atoms with E-state index in [1.807, 2.05) is 26.0 Å². The molecule has 14 heavy (non-hydrogen) atoms. The molecule has 1 rings (SSSR count). The maximum atomic E-state index is 11.1. The number of ether oxygens (including phenoxy) is 1. The van der Waals surface area contributed by atoms with Gasteiger partial charge in [0.1, 0.15) is 0 Å². The van der Waals surface area contributed by atoms with Gasteiger partial charge in [-0.1, -0.05) is 15.9 Å². The average Bonchev–Trinajstić information content (AvgIpc) is 2.10. The fraction of sp³-hybridized carbons (Fsp3) is 0.364. The van der Waals surface area contributed by atoms with E-state index >= 15 is 0 Å². The molecular formula is C11H13BrO2. The fourth-order valence-electron chi connectivity index (χ4n) is 1.44. The van der Waals surface area contributed by atoms with E-state index in [9.17, 15) is 4.79 Å². The fourth-order valence-corrected chi connectivity index (χ4v) is 2.12. The Kier molecular flexibility index (Phi) is 3.69. The Morgan fingerprint density at radius 1 is 1.36 bits per heavy atom. The number of hydrogen-bond donors (Lipinski definition) is 0. The van der Waals surface area contributed by atoms with Gasteiger partial charge in [-0.25, -0.2) is 0 Å². The summed E-state index contributed by atoms with van der Waals surface area (Å²) < 4.78 is 5.69. The number of esters is 1. The van der Waals surface area contributed by atoms with E-state index in [1.54, 1.807) is 0 Å². The summed E-state index contributed by atoms with van der Waals surface area (Å²) in [6.07, 6.45) is 0.349. The van der Waals surface area contributed by atoms with Crippen molar-refractivity contribution in [1.82, 2.24) is 0 Å². The molecule has 0 fully saturated rings. The van der Waals surface area contributed by atoms with E-state index in [-0.39, 0.29) is 5.97 Å². The van der Waals surface area contributed by atoms with E-state index in [0.29, 0.717) is 6.42 Å². The van der Waals surface area contributed by atoms with E-state index in [1.165, 1.54) is 7.11 Å². The van der Waals surface area contributed by atoms with Gasteiger partial charge < -0.3 is 4.74 Å². The number of methoxy groups -OCH3 is 1. The first kappa shape index (κ1) is 11.2. The van der Waals surface area contributed by atoms with Gasteiger partial charge >= 0.3 is 5.97 Å². The Morgan fingerprint density at radius 3 is 2.29 bits per heavy atom. The van der Waals surface area contributed by atoms with Crippen LogP contribution in [0.3, 0.4) is 0 Å². The van der Waals surface area contributed by atoms with Crippen molar-refractivity contribution in [2.24, 2.45) is 0 Å². The molecule has 1 aromatic carbocycles. The first-order valence-corrected chi connectivity index (χ1v) is 5.16. The van der Waals surface area contributed by atoms with Crippen molar-refractivity contribution in [3.63, 3.8) is 0 Å². The minimum absolute atomic E-state index is 0.196. The van der Waals surface area contributed by atoms with Gasteiger partial charge in [-0.2, -0.15) is 0 Å². The van der Waals surface area contributed by atoms with Crippen LogP contribution in [-0.4, -0.2) is 13.1 Å². The number of hydrogen-bond acceptors (Lipinski definition) is 2. The van der Waals surface area contributed by atoms with E-state index < -0.39 is 0 Å². The van der Waals surface area contributed by atoms with E-state index in [2.05, 4.69) is 20.7 Å². The lowest BCUT2D eigenvalue weighted by Gasteiger charge is -2.09. The third-order valence-corrected chi connectivity index (χ3v) is 2.67. The highest BCUT2D eigenvalue weighted by molar-refractivity contribution is 9.10. The molecular weight excluding hydrogens is 244 g/mol. The summed E-state index contributed by atoms with van der Waals surface area (Å²) in [5, 5.41) is 0. The van der Waals surface area contributed by atoms with Gasteiger partial charge in [0.25, 0.3) is 0 Å². The minimum Gasteiger partial charge on any atom is -0.469 e. The van der Waals surface area contributed by atoms with Crippen molar-refractivity contribution in [3.05, 3.63) is 33.3 Å². The van der Waals surface area contributed by atoms with Gasteiger partial charge in [-0.05, 0) is 42.7 Å². The zero-order valence-corrected chi connectivity index (χ0v) is 10.1. The molecule has 1 aromatic rings. The van der Waals surface area contributed by atoms with Crippen LogP contribution in [-0.2, 0) is 16.0 Å². The summed E-state index contributed by atoms with van der Waals surface area (Å²) in [5.74, 6) is -0.196. The molecule has 76 valence electrons. The summed E-state index contributed by atoms with van der Waals surface area (Å²) in [5.41, 5.74) is 3.28. The number of benzene rings is 1. The lowest BCUT2D eigenvalue weighted by molar-refractivity contribution is -0.139. The van der Waals surface area contributed by atoms with Crippen LogP contribution in [0.2, 0.25) is 0 Å². The molecule has 0 amide bonds. The zero-order valence-electron chi connectivity index (χ0n) is 8.56. The molecule has 0 aliphatic carbocycles. The quantitative estimate of drug-likeness (QED) is 0.761. The van der Waals surface area contributed by atoms with E-state index in [0.717, 1.165) is 21.2 Å². The number of rotatable bonds is 2. The van der Waals surface area contributed by atoms with Gasteiger partial charge in [0, 0.05) is 4.47 Å². The molecule has 2 nitrogen and oxygen atoms in total. The topological polar surface area (TPSA) is 26.3 Å². The van der Waals surface area contributed by atoms with E-state index in [4.69, 9.17) is 0 Å². The molecule has 3 heteroatoms. The highest BCUT2D eigenvalue weighted by Gasteiger charge is 2.09. The second kappa shape index (κ2) is 4.60. The van der Waals surface area contributed by atoms with Crippen LogP contribution in [0.15, 0.2) is 16.6 Å². The largest absolute Gasteiger partial charge is 0.469 e. The minimum atomic E-state index is -0.196. The summed E-state index contributed by atoms with van der Waals surface area (Å²) in [6.45, 7) is 3.99. The summed E-state index contributed by atoms with van der Waals surface area (Å²) in [7, 11) is 1.41. The van der Waals surface area contributed by atoms with Gasteiger partial charge in [0.15, 0.2) is 0 Å². The van der Waals surface area contributed by atoms with Gasteiger partial charge in [0.2, 0.25) is 0 Å². The van der Waals surface area contributed by atoms with Crippen LogP contribution in [0.5, 0.6) is 0 Å². The van der Waals surface area contributed by atoms with Gasteiger partial charge in [-0.15, -0.1) is 0 Å². The third kappa shape index (κ3) is 2.58. The number of carbonyl (C=O) groups is 1. The Balaban J connectivity index is 3.02. The lowest BCUT2D eigenvalue weighted by Crippen LogP contribution is -2.07. The molecule has 0 bridgehead atoms. The maximum absolute atomic E-state index is 11.1. The normalized spacial score (nSPS) is 10.0. The number of aryl methyl sites for hydroxylation is 2. The molecule has 0 aliphatic heterocycles. The molecule has 0 spiro atoms. The number of carbonyl (C=O) groups excluding carboxylic acids is 1. The highest BCUT2D eigenvalue weighted by Crippen LogP contribution is 2.21. The van der Waals surface area contributed by atoms with Crippen molar-refractivity contribution < 1.29 is 9.53 Å². The molecule has 0 aliphatic rings. The average molecular weight is 257 g/mol. The van der Waals surface area contributed by atoms with Gasteiger partial charge in [0.05, 0.1) is 13.5 Å². The molecule has 0 atom stereocenters. The number of halogens is 1. The van der Waals surface area contributed by atoms with Crippen molar-refractivity contribution in [2.75, 3.05) is 7.11 Å². The Bertz CT molecular complexity index is 335. The molecule has 0 saturated carbocycles. The Morgan fingerprint density at radius 2 is 1.86 bits per heavy atom. The standard InChI is InChI=1S/C11H13BrO2/c1-7-4-9(12)5-8(2)10(7)6-11(13)14-3/h4-5H,6H2,1-3H3. The first-order chi connectivity index (χ1) is 6.54. The molecule has 0 N–H and O–H groups in total. The van der Waals surface area contributed by atoms with Crippen molar-refractivity contribution in [1.29, 1.82) is 0 Å². The van der Waals surface area contributed by atoms with Crippen LogP contribution in [0.25, 0.3) is 0 Å². The lowest BCUT2D eigenvalue weighted by atomic mass is 10.0. The third-order valence-electron chi connectivity index (χ3n) is 2.21. The Labute approximate surface area is 92.4 Å². The predicted molar refractivity (Wildman–Crippen MR) is 59.3 cm³/mol. The molecule has 0 saturated heterocycles. The van der Waals surface area contributed by atoms with Crippen LogP contribution in [0.4, 0.5) is 0 Å². The first-order valence-electron chi connectivity index (χ1n) is 4.37. The van der Waals surface area contributed by atoms with Crippen LogP contribution in [0.1, 0.15) is 16.7 Å². The smallest absolute Gasteiger partial charge is 0.309 e. The highest BCUT2D eigenvalue weighted by atomic mass is 79.9. The van der Waals surface area contributed by atoms with Gasteiger partial charge in [-0.3, -0.25) is 4.79 Å². The zero-order chi connectivity index (χ0) is 10.7. The van der Waals surface area contributed by atoms with Crippen molar-refractivity contribution in [2.45, 2.75) is 20.3 Å². The Hall–Kier alpha value is -0.830. The van der Waals surface area contributed by atoms with Crippen molar-refractivity contribution >= 4 is 21.9 Å². The van der Waals surface area contributed by atoms with Crippen LogP contribution in [0, 0.1) is 13.8 Å². The molecule has 0 unspecified atom stereocenters. The predicted octanol–water partition coefficient (Wildman–Crippen LogP) is 2.78. The second-order valence-electron chi connectivity index (χ2n) is 3.27.